The van der Waals surface area contributed by atoms with Crippen LogP contribution in [0.4, 0.5) is 11.6 Å². The van der Waals surface area contributed by atoms with E-state index in [-0.39, 0.29) is 23.3 Å². The van der Waals surface area contributed by atoms with Gasteiger partial charge in [0.05, 0.1) is 10.6 Å². The van der Waals surface area contributed by atoms with Crippen LogP contribution in [0.2, 0.25) is 0 Å². The zero-order valence-corrected chi connectivity index (χ0v) is 17.0. The predicted octanol–water partition coefficient (Wildman–Crippen LogP) is 3.42. The minimum absolute atomic E-state index is 0.0277. The highest BCUT2D eigenvalue weighted by atomic mass is 32.2. The summed E-state index contributed by atoms with van der Waals surface area (Å²) in [4.78, 5) is 12.1. The summed E-state index contributed by atoms with van der Waals surface area (Å²) in [6.07, 6.45) is 0. The van der Waals surface area contributed by atoms with Gasteiger partial charge >= 0.3 is 0 Å². The monoisotopic (exact) mass is 415 g/mol. The third-order valence-electron chi connectivity index (χ3n) is 4.19. The quantitative estimate of drug-likeness (QED) is 0.612. The van der Waals surface area contributed by atoms with E-state index in [0.29, 0.717) is 22.7 Å². The van der Waals surface area contributed by atoms with Crippen LogP contribution in [-0.2, 0) is 14.8 Å². The number of aromatic nitrogens is 1. The number of nitrogens with one attached hydrogen (secondary N) is 2. The van der Waals surface area contributed by atoms with Gasteiger partial charge in [0, 0.05) is 11.3 Å². The summed E-state index contributed by atoms with van der Waals surface area (Å²) in [6, 6.07) is 13.1. The van der Waals surface area contributed by atoms with Gasteiger partial charge in [-0.1, -0.05) is 17.3 Å². The van der Waals surface area contributed by atoms with Crippen LogP contribution in [-0.4, -0.2) is 26.1 Å². The highest BCUT2D eigenvalue weighted by Crippen LogP contribution is 2.22. The van der Waals surface area contributed by atoms with Crippen molar-refractivity contribution in [2.45, 2.75) is 25.7 Å². The summed E-state index contributed by atoms with van der Waals surface area (Å²) in [5, 5.41) is 6.38. The summed E-state index contributed by atoms with van der Waals surface area (Å²) in [5.41, 5.74) is 2.71. The van der Waals surface area contributed by atoms with Crippen molar-refractivity contribution in [1.82, 2.24) is 5.16 Å². The maximum absolute atomic E-state index is 12.5. The maximum Gasteiger partial charge on any atom is 0.264 e. The molecule has 9 heteroatoms. The first-order chi connectivity index (χ1) is 13.7. The topological polar surface area (TPSA) is 111 Å². The van der Waals surface area contributed by atoms with E-state index in [4.69, 9.17) is 9.26 Å². The van der Waals surface area contributed by atoms with Gasteiger partial charge in [-0.25, -0.2) is 13.1 Å². The van der Waals surface area contributed by atoms with Crippen molar-refractivity contribution in [1.29, 1.82) is 0 Å². The van der Waals surface area contributed by atoms with Gasteiger partial charge in [-0.05, 0) is 62.7 Å². The predicted molar refractivity (Wildman–Crippen MR) is 109 cm³/mol. The van der Waals surface area contributed by atoms with E-state index in [1.807, 2.05) is 25.1 Å². The molecule has 3 rings (SSSR count). The molecule has 3 aromatic rings. The van der Waals surface area contributed by atoms with Gasteiger partial charge in [0.1, 0.15) is 5.75 Å². The molecule has 152 valence electrons. The highest BCUT2D eigenvalue weighted by molar-refractivity contribution is 7.92. The number of rotatable bonds is 7. The molecule has 0 unspecified atom stereocenters. The van der Waals surface area contributed by atoms with Gasteiger partial charge in [0.2, 0.25) is 5.88 Å². The van der Waals surface area contributed by atoms with Crippen LogP contribution in [0.25, 0.3) is 0 Å². The Bertz CT molecular complexity index is 1120. The Morgan fingerprint density at radius 3 is 2.45 bits per heavy atom. The number of hydrogen-bond acceptors (Lipinski definition) is 6. The molecule has 1 heterocycles. The highest BCUT2D eigenvalue weighted by Gasteiger charge is 2.19. The summed E-state index contributed by atoms with van der Waals surface area (Å²) < 4.78 is 37.7. The first kappa shape index (κ1) is 20.4. The Morgan fingerprint density at radius 2 is 1.83 bits per heavy atom. The zero-order valence-electron chi connectivity index (χ0n) is 16.2. The van der Waals surface area contributed by atoms with Crippen molar-refractivity contribution in [3.63, 3.8) is 0 Å². The van der Waals surface area contributed by atoms with E-state index in [0.717, 1.165) is 5.56 Å². The fraction of sp³-hybridized carbons (Fsp3) is 0.200. The zero-order chi connectivity index (χ0) is 21.0. The molecule has 0 spiro atoms. The van der Waals surface area contributed by atoms with Crippen LogP contribution in [0.15, 0.2) is 57.9 Å². The second-order valence-electron chi connectivity index (χ2n) is 6.51. The lowest BCUT2D eigenvalue weighted by atomic mass is 10.2. The first-order valence-corrected chi connectivity index (χ1v) is 10.3. The van der Waals surface area contributed by atoms with Crippen LogP contribution >= 0.6 is 0 Å². The van der Waals surface area contributed by atoms with E-state index in [9.17, 15) is 13.2 Å². The molecule has 29 heavy (non-hydrogen) atoms. The average Bonchev–Trinajstić information content (AvgIpc) is 2.98. The number of ether oxygens (including phenoxy) is 1. The molecule has 0 aliphatic rings. The Labute approximate surface area is 168 Å². The molecule has 0 aliphatic carbocycles. The largest absolute Gasteiger partial charge is 0.484 e. The molecular weight excluding hydrogens is 394 g/mol. The van der Waals surface area contributed by atoms with Crippen molar-refractivity contribution in [2.75, 3.05) is 16.6 Å². The normalized spacial score (nSPS) is 11.1. The number of carbonyl (C=O) groups excluding carboxylic acids is 1. The van der Waals surface area contributed by atoms with E-state index < -0.39 is 10.0 Å². The summed E-state index contributed by atoms with van der Waals surface area (Å²) in [6.45, 7) is 5.20. The summed E-state index contributed by atoms with van der Waals surface area (Å²) >= 11 is 0. The van der Waals surface area contributed by atoms with Crippen LogP contribution < -0.4 is 14.8 Å². The van der Waals surface area contributed by atoms with Gasteiger partial charge in [-0.3, -0.25) is 4.79 Å². The summed E-state index contributed by atoms with van der Waals surface area (Å²) in [7, 11) is -3.84. The number of carbonyl (C=O) groups is 1. The van der Waals surface area contributed by atoms with Crippen molar-refractivity contribution < 1.29 is 22.5 Å². The molecule has 0 saturated carbocycles. The van der Waals surface area contributed by atoms with Gasteiger partial charge < -0.3 is 14.6 Å². The molecule has 0 bridgehead atoms. The van der Waals surface area contributed by atoms with Crippen LogP contribution in [0.5, 0.6) is 5.75 Å². The minimum Gasteiger partial charge on any atom is -0.484 e. The van der Waals surface area contributed by atoms with Crippen molar-refractivity contribution in [2.24, 2.45) is 0 Å². The van der Waals surface area contributed by atoms with E-state index in [1.54, 1.807) is 19.9 Å². The minimum atomic E-state index is -3.84. The lowest BCUT2D eigenvalue weighted by Gasteiger charge is -2.09. The van der Waals surface area contributed by atoms with Crippen LogP contribution in [0, 0.1) is 20.8 Å². The molecule has 2 aromatic carbocycles. The van der Waals surface area contributed by atoms with Crippen molar-refractivity contribution >= 4 is 27.5 Å². The standard InChI is InChI=1S/C20H21N3O5S/c1-13-5-4-6-17(11-13)27-12-19(24)21-16-7-9-18(10-8-16)29(25,26)23-20-14(2)15(3)22-28-20/h4-11,23H,12H2,1-3H3,(H,21,24). The molecule has 0 radical (unpaired) electrons. The number of aryl methyl sites for hydroxylation is 2. The second-order valence-corrected chi connectivity index (χ2v) is 8.19. The average molecular weight is 415 g/mol. The number of anilines is 2. The fourth-order valence-electron chi connectivity index (χ4n) is 2.46. The molecule has 0 saturated heterocycles. The molecular formula is C20H21N3O5S. The fourth-order valence-corrected chi connectivity index (χ4v) is 3.51. The molecule has 1 amide bonds. The number of amides is 1. The number of nitrogens with zero attached hydrogens (tertiary/aromatic N) is 1. The molecule has 0 atom stereocenters. The molecule has 2 N–H and O–H groups in total. The Morgan fingerprint density at radius 1 is 1.10 bits per heavy atom. The van der Waals surface area contributed by atoms with Gasteiger partial charge in [-0.15, -0.1) is 0 Å². The van der Waals surface area contributed by atoms with Crippen LogP contribution in [0.1, 0.15) is 16.8 Å². The Hall–Kier alpha value is -3.33. The van der Waals surface area contributed by atoms with Gasteiger partial charge in [0.15, 0.2) is 6.61 Å². The smallest absolute Gasteiger partial charge is 0.264 e. The van der Waals surface area contributed by atoms with E-state index in [2.05, 4.69) is 15.2 Å². The Kier molecular flexibility index (Phi) is 5.88. The molecule has 0 aliphatic heterocycles. The number of benzene rings is 2. The maximum atomic E-state index is 12.5. The number of hydrogen-bond donors (Lipinski definition) is 2. The number of sulfonamides is 1. The molecule has 0 fully saturated rings. The molecule has 1 aromatic heterocycles. The Balaban J connectivity index is 1.60. The third kappa shape index (κ3) is 5.14. The summed E-state index contributed by atoms with van der Waals surface area (Å²) in [5.74, 6) is 0.326. The SMILES string of the molecule is Cc1cccc(OCC(=O)Nc2ccc(S(=O)(=O)Nc3onc(C)c3C)cc2)c1. The van der Waals surface area contributed by atoms with Gasteiger partial charge in [0.25, 0.3) is 15.9 Å². The third-order valence-corrected chi connectivity index (χ3v) is 5.54. The van der Waals surface area contributed by atoms with E-state index >= 15 is 0 Å². The lowest BCUT2D eigenvalue weighted by Crippen LogP contribution is -2.20. The molecule has 8 nitrogen and oxygen atoms in total. The first-order valence-electron chi connectivity index (χ1n) is 8.80. The van der Waals surface area contributed by atoms with Crippen LogP contribution in [0.3, 0.4) is 0 Å². The lowest BCUT2D eigenvalue weighted by molar-refractivity contribution is -0.118. The van der Waals surface area contributed by atoms with E-state index in [1.165, 1.54) is 24.3 Å². The van der Waals surface area contributed by atoms with Gasteiger partial charge in [-0.2, -0.15) is 0 Å². The van der Waals surface area contributed by atoms with Crippen molar-refractivity contribution in [3.8, 4) is 5.75 Å². The second kappa shape index (κ2) is 8.36. The van der Waals surface area contributed by atoms with Crippen molar-refractivity contribution in [3.05, 3.63) is 65.4 Å².